The molecule has 2 aromatic heterocycles. The number of nitrogens with one attached hydrogen (secondary N) is 4. The van der Waals surface area contributed by atoms with Crippen molar-refractivity contribution >= 4 is 28.8 Å². The second-order valence-corrected chi connectivity index (χ2v) is 13.5. The number of urea groups is 1. The molecule has 0 spiro atoms. The predicted octanol–water partition coefficient (Wildman–Crippen LogP) is 6.26. The van der Waals surface area contributed by atoms with Crippen molar-refractivity contribution in [1.82, 2.24) is 30.5 Å². The van der Waals surface area contributed by atoms with Gasteiger partial charge in [-0.25, -0.2) is 14.6 Å². The number of fused-ring (bicyclic) bond motifs is 1. The molecule has 0 bridgehead atoms. The molecule has 4 N–H and O–H groups in total. The van der Waals surface area contributed by atoms with Gasteiger partial charge in [0, 0.05) is 42.3 Å². The number of carbonyl (C=O) groups excluding carboxylic acids is 3. The molecule has 0 saturated heterocycles. The molecule has 1 saturated carbocycles. The maximum Gasteiger partial charge on any atom is 0.359 e. The summed E-state index contributed by atoms with van der Waals surface area (Å²) in [6, 6.07) is 16.0. The van der Waals surface area contributed by atoms with E-state index < -0.39 is 18.1 Å². The van der Waals surface area contributed by atoms with E-state index in [2.05, 4.69) is 55.7 Å². The molecular formula is C37H48N6O4. The highest BCUT2D eigenvalue weighted by Crippen LogP contribution is 2.27. The van der Waals surface area contributed by atoms with Crippen LogP contribution in [0.4, 0.5) is 4.79 Å². The first-order valence-electron chi connectivity index (χ1n) is 16.7. The number of ether oxygens (including phenoxy) is 1. The summed E-state index contributed by atoms with van der Waals surface area (Å²) in [7, 11) is 1.99. The van der Waals surface area contributed by atoms with Crippen LogP contribution in [-0.2, 0) is 29.6 Å². The Balaban J connectivity index is 1.37. The molecule has 250 valence electrons. The Hall–Kier alpha value is -4.60. The quantitative estimate of drug-likeness (QED) is 0.136. The number of H-pyrrole nitrogens is 1. The highest BCUT2D eigenvalue weighted by atomic mass is 16.5. The lowest BCUT2D eigenvalue weighted by Gasteiger charge is -2.28. The standard InChI is InChI=1S/C37H48N6O4/c1-23(2)19-31(41-37(46)39-28-17-15-24(3)16-18-28)35(44)40-30(20-27-21-43(5)32-14-10-9-13-29(27)32)34-38-25(4)33(42-34)36(45)47-22-26-11-7-6-8-12-26/h6-14,21,23-24,28,30-31H,15-20,22H2,1-5H3,(H,38,42)(H,40,44)(H2,39,41,46)/t24?,28?,30-,31+/m1/s1. The van der Waals surface area contributed by atoms with Crippen LogP contribution in [0.1, 0.15) is 92.1 Å². The fourth-order valence-electron chi connectivity index (χ4n) is 6.43. The Morgan fingerprint density at radius 3 is 2.43 bits per heavy atom. The highest BCUT2D eigenvalue weighted by Gasteiger charge is 2.29. The zero-order valence-corrected chi connectivity index (χ0v) is 28.1. The van der Waals surface area contributed by atoms with Gasteiger partial charge in [0.05, 0.1) is 6.04 Å². The topological polar surface area (TPSA) is 130 Å². The summed E-state index contributed by atoms with van der Waals surface area (Å²) in [4.78, 5) is 48.1. The van der Waals surface area contributed by atoms with Crippen LogP contribution in [0.15, 0.2) is 60.8 Å². The Labute approximate surface area is 277 Å². The smallest absolute Gasteiger partial charge is 0.359 e. The third-order valence-electron chi connectivity index (χ3n) is 9.04. The van der Waals surface area contributed by atoms with E-state index in [0.29, 0.717) is 30.3 Å². The fourth-order valence-corrected chi connectivity index (χ4v) is 6.43. The number of hydrogen-bond donors (Lipinski definition) is 4. The van der Waals surface area contributed by atoms with E-state index in [4.69, 9.17) is 4.74 Å². The van der Waals surface area contributed by atoms with E-state index in [-0.39, 0.29) is 36.2 Å². The van der Waals surface area contributed by atoms with Gasteiger partial charge in [0.25, 0.3) is 0 Å². The average molecular weight is 641 g/mol. The van der Waals surface area contributed by atoms with Crippen molar-refractivity contribution in [3.63, 3.8) is 0 Å². The minimum atomic E-state index is -0.751. The molecule has 10 nitrogen and oxygen atoms in total. The first kappa shape index (κ1) is 33.8. The SMILES string of the molecule is Cc1[nH]c([C@@H](Cc2cn(C)c3ccccc23)NC(=O)[C@H](CC(C)C)NC(=O)NC2CCC(C)CC2)nc1C(=O)OCc1ccccc1. The molecular weight excluding hydrogens is 592 g/mol. The van der Waals surface area contributed by atoms with Crippen LogP contribution in [0.25, 0.3) is 10.9 Å². The monoisotopic (exact) mass is 640 g/mol. The lowest BCUT2D eigenvalue weighted by atomic mass is 9.87. The number of carbonyl (C=O) groups is 3. The minimum Gasteiger partial charge on any atom is -0.456 e. The van der Waals surface area contributed by atoms with Crippen molar-refractivity contribution in [2.24, 2.45) is 18.9 Å². The summed E-state index contributed by atoms with van der Waals surface area (Å²) < 4.78 is 7.63. The predicted molar refractivity (Wildman–Crippen MR) is 183 cm³/mol. The summed E-state index contributed by atoms with van der Waals surface area (Å²) >= 11 is 0. The number of aromatic amines is 1. The van der Waals surface area contributed by atoms with Crippen molar-refractivity contribution in [2.75, 3.05) is 0 Å². The largest absolute Gasteiger partial charge is 0.456 e. The Morgan fingerprint density at radius 1 is 1.00 bits per heavy atom. The van der Waals surface area contributed by atoms with Crippen molar-refractivity contribution in [3.05, 3.63) is 89.1 Å². The number of nitrogens with zero attached hydrogens (tertiary/aromatic N) is 2. The molecule has 10 heteroatoms. The second kappa shape index (κ2) is 15.3. The fraction of sp³-hybridized carbons (Fsp3) is 0.459. The Bertz CT molecular complexity index is 1670. The van der Waals surface area contributed by atoms with E-state index in [1.165, 1.54) is 0 Å². The van der Waals surface area contributed by atoms with Crippen LogP contribution >= 0.6 is 0 Å². The number of amides is 3. The van der Waals surface area contributed by atoms with Gasteiger partial charge in [-0.1, -0.05) is 69.3 Å². The van der Waals surface area contributed by atoms with Crippen molar-refractivity contribution in [1.29, 1.82) is 0 Å². The van der Waals surface area contributed by atoms with Gasteiger partial charge in [0.15, 0.2) is 5.69 Å². The van der Waals surface area contributed by atoms with E-state index in [0.717, 1.165) is 47.7 Å². The summed E-state index contributed by atoms with van der Waals surface area (Å²) in [5.74, 6) is 0.427. The zero-order valence-electron chi connectivity index (χ0n) is 28.1. The average Bonchev–Trinajstić information content (AvgIpc) is 3.59. The lowest BCUT2D eigenvalue weighted by molar-refractivity contribution is -0.124. The number of aryl methyl sites for hydroxylation is 2. The molecule has 0 aliphatic heterocycles. The lowest BCUT2D eigenvalue weighted by Crippen LogP contribution is -2.53. The van der Waals surface area contributed by atoms with Crippen molar-refractivity contribution in [3.8, 4) is 0 Å². The summed E-state index contributed by atoms with van der Waals surface area (Å²) in [5.41, 5.74) is 3.69. The van der Waals surface area contributed by atoms with Crippen LogP contribution in [0.3, 0.4) is 0 Å². The number of esters is 1. The Kier molecular flexibility index (Phi) is 11.0. The van der Waals surface area contributed by atoms with Crippen LogP contribution in [0.2, 0.25) is 0 Å². The van der Waals surface area contributed by atoms with Gasteiger partial charge in [-0.05, 0) is 68.1 Å². The molecule has 1 aliphatic carbocycles. The van der Waals surface area contributed by atoms with Gasteiger partial charge < -0.3 is 30.2 Å². The van der Waals surface area contributed by atoms with E-state index in [1.54, 1.807) is 6.92 Å². The van der Waals surface area contributed by atoms with E-state index in [1.807, 2.05) is 63.4 Å². The van der Waals surface area contributed by atoms with Crippen LogP contribution < -0.4 is 16.0 Å². The van der Waals surface area contributed by atoms with Gasteiger partial charge in [-0.15, -0.1) is 0 Å². The number of rotatable bonds is 12. The molecule has 3 amide bonds. The summed E-state index contributed by atoms with van der Waals surface area (Å²) in [6.45, 7) is 8.19. The zero-order chi connectivity index (χ0) is 33.5. The van der Waals surface area contributed by atoms with E-state index in [9.17, 15) is 14.4 Å². The van der Waals surface area contributed by atoms with Gasteiger partial charge in [-0.2, -0.15) is 0 Å². The molecule has 2 aromatic carbocycles. The molecule has 2 atom stereocenters. The number of hydrogen-bond acceptors (Lipinski definition) is 5. The second-order valence-electron chi connectivity index (χ2n) is 13.5. The molecule has 4 aromatic rings. The number of aromatic nitrogens is 3. The van der Waals surface area contributed by atoms with Crippen LogP contribution in [0, 0.1) is 18.8 Å². The Morgan fingerprint density at radius 2 is 1.70 bits per heavy atom. The third kappa shape index (κ3) is 8.81. The highest BCUT2D eigenvalue weighted by molar-refractivity contribution is 5.89. The first-order chi connectivity index (χ1) is 22.6. The number of imidazole rings is 1. The molecule has 47 heavy (non-hydrogen) atoms. The molecule has 0 unspecified atom stereocenters. The molecule has 2 heterocycles. The first-order valence-corrected chi connectivity index (χ1v) is 16.7. The van der Waals surface area contributed by atoms with Gasteiger partial charge in [0.1, 0.15) is 18.5 Å². The summed E-state index contributed by atoms with van der Waals surface area (Å²) in [5, 5.41) is 10.3. The molecule has 0 radical (unpaired) electrons. The molecule has 5 rings (SSSR count). The van der Waals surface area contributed by atoms with E-state index >= 15 is 0 Å². The van der Waals surface area contributed by atoms with Crippen molar-refractivity contribution < 1.29 is 19.1 Å². The maximum absolute atomic E-state index is 14.0. The summed E-state index contributed by atoms with van der Waals surface area (Å²) in [6.07, 6.45) is 6.99. The van der Waals surface area contributed by atoms with Crippen LogP contribution in [0.5, 0.6) is 0 Å². The van der Waals surface area contributed by atoms with Gasteiger partial charge >= 0.3 is 12.0 Å². The van der Waals surface area contributed by atoms with Gasteiger partial charge in [-0.3, -0.25) is 4.79 Å². The minimum absolute atomic E-state index is 0.110. The molecule has 1 fully saturated rings. The van der Waals surface area contributed by atoms with Crippen LogP contribution in [-0.4, -0.2) is 44.5 Å². The third-order valence-corrected chi connectivity index (χ3v) is 9.04. The van der Waals surface area contributed by atoms with Gasteiger partial charge in [0.2, 0.25) is 5.91 Å². The maximum atomic E-state index is 14.0. The normalized spacial score (nSPS) is 17.7. The molecule has 1 aliphatic rings. The van der Waals surface area contributed by atoms with Crippen molar-refractivity contribution in [2.45, 2.75) is 91.0 Å². The number of benzene rings is 2. The number of para-hydroxylation sites is 1.